The summed E-state index contributed by atoms with van der Waals surface area (Å²) in [5.74, 6) is -0.352. The minimum atomic E-state index is -0.352. The van der Waals surface area contributed by atoms with Crippen LogP contribution in [0.25, 0.3) is 0 Å². The summed E-state index contributed by atoms with van der Waals surface area (Å²) in [6, 6.07) is 5.33. The Hall–Kier alpha value is -0.670. The normalized spacial score (nSPS) is 10.1. The third-order valence-corrected chi connectivity index (χ3v) is 2.87. The first-order valence-electron chi connectivity index (χ1n) is 4.69. The molecule has 0 spiro atoms. The first-order chi connectivity index (χ1) is 7.19. The van der Waals surface area contributed by atoms with Crippen molar-refractivity contribution < 1.29 is 9.53 Å². The lowest BCUT2D eigenvalue weighted by molar-refractivity contribution is 0.0505. The van der Waals surface area contributed by atoms with Crippen LogP contribution in [0.1, 0.15) is 23.7 Å². The molecule has 82 valence electrons. The van der Waals surface area contributed by atoms with E-state index >= 15 is 0 Å². The fourth-order valence-electron chi connectivity index (χ4n) is 1.06. The lowest BCUT2D eigenvalue weighted by Gasteiger charge is -2.05. The predicted octanol–water partition coefficient (Wildman–Crippen LogP) is 3.63. The topological polar surface area (TPSA) is 26.3 Å². The number of halogens is 1. The number of esters is 1. The summed E-state index contributed by atoms with van der Waals surface area (Å²) in [5, 5.41) is 0.447. The molecule has 1 rings (SSSR count). The second-order valence-corrected chi connectivity index (χ2v) is 4.27. The van der Waals surface area contributed by atoms with E-state index in [0.29, 0.717) is 17.2 Å². The molecular weight excluding hydrogens is 232 g/mol. The van der Waals surface area contributed by atoms with E-state index in [0.717, 1.165) is 11.3 Å². The molecule has 0 bridgehead atoms. The van der Waals surface area contributed by atoms with E-state index in [4.69, 9.17) is 16.3 Å². The SMILES string of the molecule is CCCOC(=O)c1ccc(SC)cc1Cl. The molecule has 0 aliphatic heterocycles. The Labute approximate surface area is 99.0 Å². The van der Waals surface area contributed by atoms with E-state index in [1.807, 2.05) is 19.2 Å². The van der Waals surface area contributed by atoms with Crippen LogP contribution in [0.3, 0.4) is 0 Å². The molecule has 0 fully saturated rings. The largest absolute Gasteiger partial charge is 0.462 e. The van der Waals surface area contributed by atoms with Crippen molar-refractivity contribution in [3.05, 3.63) is 28.8 Å². The molecule has 0 unspecified atom stereocenters. The van der Waals surface area contributed by atoms with Gasteiger partial charge in [0.25, 0.3) is 0 Å². The molecule has 0 radical (unpaired) electrons. The van der Waals surface area contributed by atoms with Gasteiger partial charge < -0.3 is 4.74 Å². The van der Waals surface area contributed by atoms with Crippen molar-refractivity contribution in [2.75, 3.05) is 12.9 Å². The molecule has 0 atom stereocenters. The van der Waals surface area contributed by atoms with Gasteiger partial charge in [0.15, 0.2) is 0 Å². The lowest BCUT2D eigenvalue weighted by atomic mass is 10.2. The average molecular weight is 245 g/mol. The van der Waals surface area contributed by atoms with Crippen molar-refractivity contribution in [3.63, 3.8) is 0 Å². The van der Waals surface area contributed by atoms with E-state index in [-0.39, 0.29) is 5.97 Å². The highest BCUT2D eigenvalue weighted by Crippen LogP contribution is 2.23. The minimum absolute atomic E-state index is 0.352. The minimum Gasteiger partial charge on any atom is -0.462 e. The summed E-state index contributed by atoms with van der Waals surface area (Å²) in [7, 11) is 0. The molecule has 0 aliphatic carbocycles. The van der Waals surface area contributed by atoms with E-state index < -0.39 is 0 Å². The predicted molar refractivity (Wildman–Crippen MR) is 63.8 cm³/mol. The Morgan fingerprint density at radius 1 is 1.53 bits per heavy atom. The highest BCUT2D eigenvalue weighted by molar-refractivity contribution is 7.98. The number of hydrogen-bond donors (Lipinski definition) is 0. The maximum Gasteiger partial charge on any atom is 0.339 e. The van der Waals surface area contributed by atoms with Gasteiger partial charge in [-0.25, -0.2) is 4.79 Å². The van der Waals surface area contributed by atoms with Gasteiger partial charge in [0.1, 0.15) is 0 Å². The van der Waals surface area contributed by atoms with Crippen molar-refractivity contribution in [3.8, 4) is 0 Å². The molecule has 0 heterocycles. The zero-order valence-electron chi connectivity index (χ0n) is 8.75. The van der Waals surface area contributed by atoms with Crippen molar-refractivity contribution >= 4 is 29.3 Å². The number of rotatable bonds is 4. The Morgan fingerprint density at radius 3 is 2.80 bits per heavy atom. The van der Waals surface area contributed by atoms with Gasteiger partial charge in [-0.2, -0.15) is 0 Å². The Kier molecular flexibility index (Phi) is 4.99. The van der Waals surface area contributed by atoms with Gasteiger partial charge in [0, 0.05) is 4.90 Å². The second kappa shape index (κ2) is 6.03. The number of carbonyl (C=O) groups is 1. The van der Waals surface area contributed by atoms with Crippen LogP contribution >= 0.6 is 23.4 Å². The first kappa shape index (κ1) is 12.4. The van der Waals surface area contributed by atoms with Gasteiger partial charge in [-0.3, -0.25) is 0 Å². The van der Waals surface area contributed by atoms with E-state index in [2.05, 4.69) is 0 Å². The lowest BCUT2D eigenvalue weighted by Crippen LogP contribution is -2.06. The molecule has 2 nitrogen and oxygen atoms in total. The third kappa shape index (κ3) is 3.43. The molecule has 0 aliphatic rings. The molecule has 0 saturated heterocycles. The van der Waals surface area contributed by atoms with Crippen LogP contribution in [0.15, 0.2) is 23.1 Å². The van der Waals surface area contributed by atoms with Crippen LogP contribution in [-0.2, 0) is 4.74 Å². The van der Waals surface area contributed by atoms with Crippen LogP contribution in [0, 0.1) is 0 Å². The van der Waals surface area contributed by atoms with E-state index in [1.165, 1.54) is 0 Å². The van der Waals surface area contributed by atoms with E-state index in [1.54, 1.807) is 23.9 Å². The molecule has 4 heteroatoms. The molecule has 0 aromatic heterocycles. The second-order valence-electron chi connectivity index (χ2n) is 2.98. The Bertz CT molecular complexity index is 352. The number of ether oxygens (including phenoxy) is 1. The van der Waals surface area contributed by atoms with Crippen molar-refractivity contribution in [1.29, 1.82) is 0 Å². The summed E-state index contributed by atoms with van der Waals surface area (Å²) in [5.41, 5.74) is 0.433. The van der Waals surface area contributed by atoms with Crippen LogP contribution < -0.4 is 0 Å². The molecule has 0 N–H and O–H groups in total. The van der Waals surface area contributed by atoms with Gasteiger partial charge in [-0.1, -0.05) is 18.5 Å². The van der Waals surface area contributed by atoms with Crippen LogP contribution in [0.5, 0.6) is 0 Å². The van der Waals surface area contributed by atoms with E-state index in [9.17, 15) is 4.79 Å². The quantitative estimate of drug-likeness (QED) is 0.598. The maximum absolute atomic E-state index is 11.5. The summed E-state index contributed by atoms with van der Waals surface area (Å²) in [6.45, 7) is 2.38. The summed E-state index contributed by atoms with van der Waals surface area (Å²) in [4.78, 5) is 12.5. The molecule has 0 amide bonds. The summed E-state index contributed by atoms with van der Waals surface area (Å²) in [6.07, 6.45) is 2.77. The van der Waals surface area contributed by atoms with Crippen molar-refractivity contribution in [2.45, 2.75) is 18.2 Å². The van der Waals surface area contributed by atoms with Crippen LogP contribution in [0.2, 0.25) is 5.02 Å². The molecule has 1 aromatic rings. The average Bonchev–Trinajstić information content (AvgIpc) is 2.25. The number of carbonyl (C=O) groups excluding carboxylic acids is 1. The number of hydrogen-bond acceptors (Lipinski definition) is 3. The molecule has 1 aromatic carbocycles. The fourth-order valence-corrected chi connectivity index (χ4v) is 1.82. The monoisotopic (exact) mass is 244 g/mol. The summed E-state index contributed by atoms with van der Waals surface area (Å²) < 4.78 is 5.00. The summed E-state index contributed by atoms with van der Waals surface area (Å²) >= 11 is 7.55. The zero-order valence-corrected chi connectivity index (χ0v) is 10.3. The molecule has 0 saturated carbocycles. The smallest absolute Gasteiger partial charge is 0.339 e. The first-order valence-corrected chi connectivity index (χ1v) is 6.30. The highest BCUT2D eigenvalue weighted by atomic mass is 35.5. The fraction of sp³-hybridized carbons (Fsp3) is 0.364. The standard InChI is InChI=1S/C11H13ClO2S/c1-3-6-14-11(13)9-5-4-8(15-2)7-10(9)12/h4-5,7H,3,6H2,1-2H3. The number of thioether (sulfide) groups is 1. The van der Waals surface area contributed by atoms with Gasteiger partial charge in [-0.15, -0.1) is 11.8 Å². The van der Waals surface area contributed by atoms with Gasteiger partial charge >= 0.3 is 5.97 Å². The number of benzene rings is 1. The highest BCUT2D eigenvalue weighted by Gasteiger charge is 2.11. The van der Waals surface area contributed by atoms with Crippen LogP contribution in [0.4, 0.5) is 0 Å². The van der Waals surface area contributed by atoms with Crippen LogP contribution in [-0.4, -0.2) is 18.8 Å². The van der Waals surface area contributed by atoms with Gasteiger partial charge in [0.2, 0.25) is 0 Å². The maximum atomic E-state index is 11.5. The van der Waals surface area contributed by atoms with Crippen molar-refractivity contribution in [2.24, 2.45) is 0 Å². The molecular formula is C11H13ClO2S. The van der Waals surface area contributed by atoms with Gasteiger partial charge in [-0.05, 0) is 30.9 Å². The van der Waals surface area contributed by atoms with Crippen molar-refractivity contribution in [1.82, 2.24) is 0 Å². The van der Waals surface area contributed by atoms with Gasteiger partial charge in [0.05, 0.1) is 17.2 Å². The Morgan fingerprint density at radius 2 is 2.27 bits per heavy atom. The Balaban J connectivity index is 2.81. The molecule has 15 heavy (non-hydrogen) atoms. The third-order valence-electron chi connectivity index (χ3n) is 1.83. The zero-order chi connectivity index (χ0) is 11.3.